The second-order valence-electron chi connectivity index (χ2n) is 5.06. The minimum Gasteiger partial charge on any atom is -0.384 e. The number of nitrogens with zero attached hydrogens (tertiary/aromatic N) is 2. The quantitative estimate of drug-likeness (QED) is 0.852. The van der Waals surface area contributed by atoms with Crippen LogP contribution in [0.4, 0.5) is 5.82 Å². The summed E-state index contributed by atoms with van der Waals surface area (Å²) in [7, 11) is 0. The zero-order chi connectivity index (χ0) is 11.7. The maximum absolute atomic E-state index is 5.89. The van der Waals surface area contributed by atoms with Gasteiger partial charge in [0.2, 0.25) is 0 Å². The van der Waals surface area contributed by atoms with Crippen LogP contribution in [0, 0.1) is 0 Å². The van der Waals surface area contributed by atoms with E-state index in [0.29, 0.717) is 11.7 Å². The molecule has 1 aliphatic heterocycles. The van der Waals surface area contributed by atoms with Crippen LogP contribution in [0.15, 0.2) is 6.07 Å². The van der Waals surface area contributed by atoms with Crippen LogP contribution < -0.4 is 5.73 Å². The van der Waals surface area contributed by atoms with Gasteiger partial charge in [0, 0.05) is 24.3 Å². The van der Waals surface area contributed by atoms with Crippen LogP contribution in [-0.2, 0) is 4.74 Å². The Hall–Kier alpha value is -1.16. The van der Waals surface area contributed by atoms with Crippen LogP contribution in [0.5, 0.6) is 0 Å². The Bertz CT molecular complexity index is 361. The van der Waals surface area contributed by atoms with Crippen molar-refractivity contribution in [2.45, 2.75) is 50.5 Å². The van der Waals surface area contributed by atoms with Gasteiger partial charge >= 0.3 is 0 Å². The number of rotatable bonds is 2. The summed E-state index contributed by atoms with van der Waals surface area (Å²) in [6, 6.07) is 1.94. The average molecular weight is 233 g/mol. The van der Waals surface area contributed by atoms with Crippen molar-refractivity contribution in [1.82, 2.24) is 9.97 Å². The molecular formula is C13H19N3O. The van der Waals surface area contributed by atoms with Crippen LogP contribution in [0.3, 0.4) is 0 Å². The van der Waals surface area contributed by atoms with Crippen molar-refractivity contribution in [3.63, 3.8) is 0 Å². The van der Waals surface area contributed by atoms with Crippen molar-refractivity contribution in [2.75, 3.05) is 12.3 Å². The molecule has 17 heavy (non-hydrogen) atoms. The van der Waals surface area contributed by atoms with E-state index in [2.05, 4.69) is 9.97 Å². The van der Waals surface area contributed by atoms with Gasteiger partial charge in [-0.25, -0.2) is 9.97 Å². The van der Waals surface area contributed by atoms with Crippen LogP contribution in [0.1, 0.15) is 62.1 Å². The molecule has 0 amide bonds. The SMILES string of the molecule is Nc1cc(C2CCCC2)nc(C2CCCO2)n1. The van der Waals surface area contributed by atoms with Crippen molar-refractivity contribution in [2.24, 2.45) is 0 Å². The summed E-state index contributed by atoms with van der Waals surface area (Å²) in [5, 5.41) is 0. The monoisotopic (exact) mass is 233 g/mol. The summed E-state index contributed by atoms with van der Waals surface area (Å²) in [6.07, 6.45) is 7.28. The molecular weight excluding hydrogens is 214 g/mol. The highest BCUT2D eigenvalue weighted by Gasteiger charge is 2.24. The molecule has 0 aromatic carbocycles. The normalized spacial score (nSPS) is 25.5. The lowest BCUT2D eigenvalue weighted by Gasteiger charge is -2.13. The second kappa shape index (κ2) is 4.61. The fourth-order valence-electron chi connectivity index (χ4n) is 2.86. The predicted octanol–water partition coefficient (Wildman–Crippen LogP) is 2.57. The highest BCUT2D eigenvalue weighted by Crippen LogP contribution is 2.35. The predicted molar refractivity (Wildman–Crippen MR) is 65.6 cm³/mol. The lowest BCUT2D eigenvalue weighted by Crippen LogP contribution is -2.09. The molecule has 2 heterocycles. The van der Waals surface area contributed by atoms with E-state index < -0.39 is 0 Å². The summed E-state index contributed by atoms with van der Waals surface area (Å²) in [5.74, 6) is 1.97. The molecule has 0 radical (unpaired) electrons. The van der Waals surface area contributed by atoms with E-state index in [1.165, 1.54) is 25.7 Å². The first-order chi connectivity index (χ1) is 8.33. The minimum atomic E-state index is 0.0682. The number of hydrogen-bond donors (Lipinski definition) is 1. The molecule has 1 unspecified atom stereocenters. The Labute approximate surface area is 102 Å². The third-order valence-corrected chi connectivity index (χ3v) is 3.77. The Morgan fingerprint density at radius 2 is 1.94 bits per heavy atom. The first-order valence-electron chi connectivity index (χ1n) is 6.59. The topological polar surface area (TPSA) is 61.0 Å². The summed E-state index contributed by atoms with van der Waals surface area (Å²) in [4.78, 5) is 9.01. The zero-order valence-electron chi connectivity index (χ0n) is 10.1. The van der Waals surface area contributed by atoms with Crippen molar-refractivity contribution >= 4 is 5.82 Å². The number of nitrogens with two attached hydrogens (primary N) is 1. The molecule has 1 atom stereocenters. The van der Waals surface area contributed by atoms with Gasteiger partial charge < -0.3 is 10.5 Å². The van der Waals surface area contributed by atoms with Crippen LogP contribution in [0.25, 0.3) is 0 Å². The first kappa shape index (κ1) is 11.0. The highest BCUT2D eigenvalue weighted by atomic mass is 16.5. The molecule has 92 valence electrons. The smallest absolute Gasteiger partial charge is 0.159 e. The number of anilines is 1. The van der Waals surface area contributed by atoms with Gasteiger partial charge in [0.05, 0.1) is 0 Å². The van der Waals surface area contributed by atoms with Gasteiger partial charge in [-0.2, -0.15) is 0 Å². The second-order valence-corrected chi connectivity index (χ2v) is 5.06. The number of aromatic nitrogens is 2. The van der Waals surface area contributed by atoms with Gasteiger partial charge in [-0.1, -0.05) is 12.8 Å². The minimum absolute atomic E-state index is 0.0682. The zero-order valence-corrected chi connectivity index (χ0v) is 10.1. The lowest BCUT2D eigenvalue weighted by atomic mass is 10.0. The Kier molecular flexibility index (Phi) is 2.97. The van der Waals surface area contributed by atoms with E-state index in [0.717, 1.165) is 31.0 Å². The molecule has 2 N–H and O–H groups in total. The van der Waals surface area contributed by atoms with Gasteiger partial charge in [-0.05, 0) is 25.7 Å². The third-order valence-electron chi connectivity index (χ3n) is 3.77. The third kappa shape index (κ3) is 2.27. The Morgan fingerprint density at radius 1 is 1.12 bits per heavy atom. The summed E-state index contributed by atoms with van der Waals surface area (Å²) in [5.41, 5.74) is 7.01. The van der Waals surface area contributed by atoms with E-state index in [4.69, 9.17) is 10.5 Å². The fraction of sp³-hybridized carbons (Fsp3) is 0.692. The van der Waals surface area contributed by atoms with Crippen LogP contribution in [0.2, 0.25) is 0 Å². The van der Waals surface area contributed by atoms with Gasteiger partial charge in [-0.15, -0.1) is 0 Å². The molecule has 1 saturated carbocycles. The largest absolute Gasteiger partial charge is 0.384 e. The van der Waals surface area contributed by atoms with Gasteiger partial charge in [0.25, 0.3) is 0 Å². The number of ether oxygens (including phenoxy) is 1. The van der Waals surface area contributed by atoms with E-state index in [9.17, 15) is 0 Å². The molecule has 0 spiro atoms. The Morgan fingerprint density at radius 3 is 2.65 bits per heavy atom. The molecule has 1 saturated heterocycles. The van der Waals surface area contributed by atoms with Crippen molar-refractivity contribution in [3.05, 3.63) is 17.6 Å². The maximum Gasteiger partial charge on any atom is 0.159 e. The molecule has 0 bridgehead atoms. The van der Waals surface area contributed by atoms with Gasteiger partial charge in [0.1, 0.15) is 11.9 Å². The van der Waals surface area contributed by atoms with Crippen molar-refractivity contribution in [3.8, 4) is 0 Å². The number of nitrogen functional groups attached to an aromatic ring is 1. The molecule has 1 aromatic heterocycles. The molecule has 4 heteroatoms. The van der Waals surface area contributed by atoms with E-state index in [1.54, 1.807) is 0 Å². The lowest BCUT2D eigenvalue weighted by molar-refractivity contribution is 0.105. The maximum atomic E-state index is 5.89. The van der Waals surface area contributed by atoms with Crippen LogP contribution in [-0.4, -0.2) is 16.6 Å². The van der Waals surface area contributed by atoms with Crippen molar-refractivity contribution < 1.29 is 4.74 Å². The van der Waals surface area contributed by atoms with Gasteiger partial charge in [-0.3, -0.25) is 0 Å². The standard InChI is InChI=1S/C13H19N3O/c14-12-8-10(9-4-1-2-5-9)15-13(16-12)11-6-3-7-17-11/h8-9,11H,1-7H2,(H2,14,15,16). The van der Waals surface area contributed by atoms with Crippen LogP contribution >= 0.6 is 0 Å². The van der Waals surface area contributed by atoms with E-state index in [-0.39, 0.29) is 6.10 Å². The summed E-state index contributed by atoms with van der Waals surface area (Å²) in [6.45, 7) is 0.821. The molecule has 1 aliphatic carbocycles. The summed E-state index contributed by atoms with van der Waals surface area (Å²) < 4.78 is 5.63. The molecule has 4 nitrogen and oxygen atoms in total. The fourth-order valence-corrected chi connectivity index (χ4v) is 2.86. The molecule has 1 aromatic rings. The van der Waals surface area contributed by atoms with Crippen molar-refractivity contribution in [1.29, 1.82) is 0 Å². The highest BCUT2D eigenvalue weighted by molar-refractivity contribution is 5.32. The molecule has 2 aliphatic rings. The Balaban J connectivity index is 1.88. The molecule has 2 fully saturated rings. The first-order valence-corrected chi connectivity index (χ1v) is 6.59. The van der Waals surface area contributed by atoms with E-state index >= 15 is 0 Å². The average Bonchev–Trinajstić information content (AvgIpc) is 3.02. The van der Waals surface area contributed by atoms with Gasteiger partial charge in [0.15, 0.2) is 5.82 Å². The number of hydrogen-bond acceptors (Lipinski definition) is 4. The molecule has 3 rings (SSSR count). The van der Waals surface area contributed by atoms with E-state index in [1.807, 2.05) is 6.07 Å². The summed E-state index contributed by atoms with van der Waals surface area (Å²) >= 11 is 0.